The molecule has 14 heavy (non-hydrogen) atoms. The standard InChI is InChI=1S/C8H11NO4S/c1-2-14(11,12)9-5-7-3-4-8(6-10)13-7/h3-4,6,9H,2,5H2,1H3. The molecule has 0 aliphatic heterocycles. The van der Waals surface area contributed by atoms with Gasteiger partial charge in [-0.3, -0.25) is 4.79 Å². The number of rotatable bonds is 5. The molecule has 0 aromatic carbocycles. The largest absolute Gasteiger partial charge is 0.457 e. The van der Waals surface area contributed by atoms with Crippen molar-refractivity contribution in [2.45, 2.75) is 13.5 Å². The number of hydrogen-bond acceptors (Lipinski definition) is 4. The third kappa shape index (κ3) is 2.97. The Morgan fingerprint density at radius 3 is 2.71 bits per heavy atom. The van der Waals surface area contributed by atoms with Crippen molar-refractivity contribution in [3.05, 3.63) is 23.7 Å². The molecule has 0 amide bonds. The molecular weight excluding hydrogens is 206 g/mol. The molecule has 0 spiro atoms. The minimum atomic E-state index is -3.21. The molecule has 0 aliphatic carbocycles. The van der Waals surface area contributed by atoms with Crippen LogP contribution in [0.5, 0.6) is 0 Å². The predicted molar refractivity (Wildman–Crippen MR) is 50.4 cm³/mol. The van der Waals surface area contributed by atoms with Gasteiger partial charge in [-0.25, -0.2) is 13.1 Å². The molecule has 0 saturated carbocycles. The fraction of sp³-hybridized carbons (Fsp3) is 0.375. The third-order valence-electron chi connectivity index (χ3n) is 1.64. The lowest BCUT2D eigenvalue weighted by Gasteiger charge is -2.00. The smallest absolute Gasteiger partial charge is 0.211 e. The molecular formula is C8H11NO4S. The van der Waals surface area contributed by atoms with E-state index in [0.717, 1.165) is 0 Å². The zero-order valence-electron chi connectivity index (χ0n) is 7.69. The average molecular weight is 217 g/mol. The highest BCUT2D eigenvalue weighted by Gasteiger charge is 2.07. The van der Waals surface area contributed by atoms with Crippen LogP contribution >= 0.6 is 0 Å². The minimum Gasteiger partial charge on any atom is -0.457 e. The topological polar surface area (TPSA) is 76.4 Å². The predicted octanol–water partition coefficient (Wildman–Crippen LogP) is 0.531. The van der Waals surface area contributed by atoms with E-state index in [0.29, 0.717) is 12.0 Å². The van der Waals surface area contributed by atoms with E-state index in [2.05, 4.69) is 4.72 Å². The van der Waals surface area contributed by atoms with E-state index < -0.39 is 10.0 Å². The summed E-state index contributed by atoms with van der Waals surface area (Å²) in [7, 11) is -3.21. The Labute approximate surface area is 82.2 Å². The van der Waals surface area contributed by atoms with Crippen LogP contribution in [0.4, 0.5) is 0 Å². The quantitative estimate of drug-likeness (QED) is 0.730. The first-order valence-corrected chi connectivity index (χ1v) is 5.74. The second-order valence-corrected chi connectivity index (χ2v) is 4.74. The van der Waals surface area contributed by atoms with Crippen LogP contribution in [-0.4, -0.2) is 20.5 Å². The number of carbonyl (C=O) groups is 1. The normalized spacial score (nSPS) is 11.5. The lowest BCUT2D eigenvalue weighted by atomic mass is 10.4. The van der Waals surface area contributed by atoms with Crippen molar-refractivity contribution >= 4 is 16.3 Å². The molecule has 1 aromatic rings. The van der Waals surface area contributed by atoms with Crippen LogP contribution in [0.25, 0.3) is 0 Å². The van der Waals surface area contributed by atoms with Crippen LogP contribution < -0.4 is 4.72 Å². The van der Waals surface area contributed by atoms with Gasteiger partial charge in [0.05, 0.1) is 12.3 Å². The maximum absolute atomic E-state index is 11.0. The molecule has 0 radical (unpaired) electrons. The second kappa shape index (κ2) is 4.39. The van der Waals surface area contributed by atoms with Gasteiger partial charge in [-0.05, 0) is 19.1 Å². The number of sulfonamides is 1. The van der Waals surface area contributed by atoms with E-state index in [1.165, 1.54) is 6.07 Å². The molecule has 0 aliphatic rings. The van der Waals surface area contributed by atoms with Gasteiger partial charge in [0.25, 0.3) is 0 Å². The van der Waals surface area contributed by atoms with Gasteiger partial charge >= 0.3 is 0 Å². The molecule has 0 unspecified atom stereocenters. The summed E-state index contributed by atoms with van der Waals surface area (Å²) < 4.78 is 29.4. The van der Waals surface area contributed by atoms with Crippen molar-refractivity contribution < 1.29 is 17.6 Å². The van der Waals surface area contributed by atoms with Crippen molar-refractivity contribution in [2.75, 3.05) is 5.75 Å². The lowest BCUT2D eigenvalue weighted by molar-refractivity contribution is 0.109. The highest BCUT2D eigenvalue weighted by atomic mass is 32.2. The van der Waals surface area contributed by atoms with Gasteiger partial charge in [-0.2, -0.15) is 0 Å². The molecule has 0 atom stereocenters. The molecule has 78 valence electrons. The molecule has 0 fully saturated rings. The van der Waals surface area contributed by atoms with E-state index in [1.807, 2.05) is 0 Å². The van der Waals surface area contributed by atoms with Crippen molar-refractivity contribution in [1.29, 1.82) is 0 Å². The average Bonchev–Trinajstić information content (AvgIpc) is 2.63. The molecule has 1 rings (SSSR count). The Bertz CT molecular complexity index is 407. The van der Waals surface area contributed by atoms with E-state index >= 15 is 0 Å². The van der Waals surface area contributed by atoms with Crippen molar-refractivity contribution in [3.8, 4) is 0 Å². The number of hydrogen-bond donors (Lipinski definition) is 1. The van der Waals surface area contributed by atoms with Crippen LogP contribution in [0.3, 0.4) is 0 Å². The molecule has 6 heteroatoms. The fourth-order valence-corrected chi connectivity index (χ4v) is 1.40. The van der Waals surface area contributed by atoms with E-state index in [4.69, 9.17) is 4.42 Å². The zero-order chi connectivity index (χ0) is 10.6. The lowest BCUT2D eigenvalue weighted by Crippen LogP contribution is -2.24. The summed E-state index contributed by atoms with van der Waals surface area (Å²) in [6.45, 7) is 1.62. The van der Waals surface area contributed by atoms with Crippen LogP contribution in [0.2, 0.25) is 0 Å². The van der Waals surface area contributed by atoms with Gasteiger partial charge in [0.15, 0.2) is 12.0 Å². The third-order valence-corrected chi connectivity index (χ3v) is 2.99. The maximum atomic E-state index is 11.0. The molecule has 1 aromatic heterocycles. The van der Waals surface area contributed by atoms with Gasteiger partial charge in [0.1, 0.15) is 5.76 Å². The van der Waals surface area contributed by atoms with E-state index in [-0.39, 0.29) is 18.1 Å². The number of furan rings is 1. The van der Waals surface area contributed by atoms with Crippen molar-refractivity contribution in [3.63, 3.8) is 0 Å². The molecule has 5 nitrogen and oxygen atoms in total. The Hall–Kier alpha value is -1.14. The van der Waals surface area contributed by atoms with E-state index in [1.54, 1.807) is 13.0 Å². The molecule has 0 saturated heterocycles. The summed E-state index contributed by atoms with van der Waals surface area (Å²) in [6, 6.07) is 3.05. The highest BCUT2D eigenvalue weighted by Crippen LogP contribution is 2.05. The summed E-state index contributed by atoms with van der Waals surface area (Å²) >= 11 is 0. The summed E-state index contributed by atoms with van der Waals surface area (Å²) in [5.41, 5.74) is 0. The van der Waals surface area contributed by atoms with Gasteiger partial charge in [0, 0.05) is 0 Å². The first kappa shape index (κ1) is 10.9. The first-order valence-electron chi connectivity index (χ1n) is 4.08. The number of aldehydes is 1. The summed E-state index contributed by atoms with van der Waals surface area (Å²) in [5, 5.41) is 0. The minimum absolute atomic E-state index is 0.0221. The van der Waals surface area contributed by atoms with Crippen molar-refractivity contribution in [2.24, 2.45) is 0 Å². The Kier molecular flexibility index (Phi) is 3.43. The SMILES string of the molecule is CCS(=O)(=O)NCc1ccc(C=O)o1. The van der Waals surface area contributed by atoms with Gasteiger partial charge < -0.3 is 4.42 Å². The molecule has 1 heterocycles. The number of nitrogens with one attached hydrogen (secondary N) is 1. The second-order valence-electron chi connectivity index (χ2n) is 2.65. The van der Waals surface area contributed by atoms with Crippen LogP contribution in [0.1, 0.15) is 23.2 Å². The maximum Gasteiger partial charge on any atom is 0.211 e. The van der Waals surface area contributed by atoms with Gasteiger partial charge in [0.2, 0.25) is 10.0 Å². The fourth-order valence-electron chi connectivity index (χ4n) is 0.836. The Balaban J connectivity index is 2.58. The van der Waals surface area contributed by atoms with Gasteiger partial charge in [-0.1, -0.05) is 0 Å². The molecule has 1 N–H and O–H groups in total. The molecule has 0 bridgehead atoms. The Morgan fingerprint density at radius 2 is 2.21 bits per heavy atom. The van der Waals surface area contributed by atoms with Gasteiger partial charge in [-0.15, -0.1) is 0 Å². The van der Waals surface area contributed by atoms with Crippen molar-refractivity contribution in [1.82, 2.24) is 4.72 Å². The highest BCUT2D eigenvalue weighted by molar-refractivity contribution is 7.89. The number of carbonyl (C=O) groups excluding carboxylic acids is 1. The summed E-state index contributed by atoms with van der Waals surface area (Å²) in [4.78, 5) is 10.2. The zero-order valence-corrected chi connectivity index (χ0v) is 8.50. The monoisotopic (exact) mass is 217 g/mol. The summed E-state index contributed by atoms with van der Waals surface area (Å²) in [6.07, 6.45) is 0.567. The summed E-state index contributed by atoms with van der Waals surface area (Å²) in [5.74, 6) is 0.633. The van der Waals surface area contributed by atoms with Crippen LogP contribution in [-0.2, 0) is 16.6 Å². The first-order chi connectivity index (χ1) is 6.57. The van der Waals surface area contributed by atoms with Crippen LogP contribution in [0.15, 0.2) is 16.5 Å². The van der Waals surface area contributed by atoms with Crippen LogP contribution in [0, 0.1) is 0 Å². The van der Waals surface area contributed by atoms with E-state index in [9.17, 15) is 13.2 Å². The Morgan fingerprint density at radius 1 is 1.50 bits per heavy atom.